The Balaban J connectivity index is 1.65. The van der Waals surface area contributed by atoms with E-state index in [1.807, 2.05) is 7.05 Å². The van der Waals surface area contributed by atoms with Gasteiger partial charge in [0.1, 0.15) is 28.6 Å². The zero-order chi connectivity index (χ0) is 17.8. The van der Waals surface area contributed by atoms with Gasteiger partial charge in [-0.2, -0.15) is 0 Å². The van der Waals surface area contributed by atoms with Gasteiger partial charge >= 0.3 is 0 Å². The first kappa shape index (κ1) is 16.2. The lowest BCUT2D eigenvalue weighted by Gasteiger charge is -2.43. The number of halogens is 2. The summed E-state index contributed by atoms with van der Waals surface area (Å²) >= 11 is 0. The van der Waals surface area contributed by atoms with Crippen molar-refractivity contribution >= 4 is 5.91 Å². The number of carbonyl (C=O) groups is 1. The van der Waals surface area contributed by atoms with Crippen molar-refractivity contribution in [3.8, 4) is 0 Å². The Kier molecular flexibility index (Phi) is 3.64. The van der Waals surface area contributed by atoms with Crippen LogP contribution in [0.1, 0.15) is 41.9 Å². The third-order valence-corrected chi connectivity index (χ3v) is 5.42. The highest BCUT2D eigenvalue weighted by molar-refractivity contribution is 5.95. The molecule has 0 spiro atoms. The molecule has 3 heterocycles. The van der Waals surface area contributed by atoms with E-state index in [9.17, 15) is 18.7 Å². The van der Waals surface area contributed by atoms with E-state index < -0.39 is 28.7 Å². The minimum absolute atomic E-state index is 0.257. The fourth-order valence-electron chi connectivity index (χ4n) is 4.38. The normalized spacial score (nSPS) is 28.4. The van der Waals surface area contributed by atoms with Crippen LogP contribution in [-0.4, -0.2) is 37.5 Å². The molecule has 0 saturated carbocycles. The number of rotatable bonds is 2. The molecular weight excluding hydrogens is 328 g/mol. The molecule has 2 saturated heterocycles. The molecule has 2 aliphatic rings. The number of hydrogen-bond acceptors (Lipinski definition) is 3. The molecule has 2 aliphatic heterocycles. The molecule has 2 bridgehead atoms. The number of piperidine rings is 1. The van der Waals surface area contributed by atoms with Crippen LogP contribution >= 0.6 is 0 Å². The van der Waals surface area contributed by atoms with E-state index in [4.69, 9.17) is 0 Å². The zero-order valence-corrected chi connectivity index (χ0v) is 13.8. The first-order chi connectivity index (χ1) is 11.9. The van der Waals surface area contributed by atoms with Crippen LogP contribution in [0.3, 0.4) is 0 Å². The summed E-state index contributed by atoms with van der Waals surface area (Å²) in [5.74, 6) is -1.78. The molecule has 0 aliphatic carbocycles. The number of hydrogen-bond donors (Lipinski definition) is 1. The maximum Gasteiger partial charge on any atom is 0.260 e. The Morgan fingerprint density at radius 3 is 2.36 bits per heavy atom. The van der Waals surface area contributed by atoms with Gasteiger partial charge in [0.15, 0.2) is 0 Å². The number of aromatic nitrogens is 2. The second-order valence-corrected chi connectivity index (χ2v) is 7.00. The molecule has 3 atom stereocenters. The summed E-state index contributed by atoms with van der Waals surface area (Å²) in [4.78, 5) is 18.6. The predicted octanol–water partition coefficient (Wildman–Crippen LogP) is 2.35. The third-order valence-electron chi connectivity index (χ3n) is 5.42. The minimum Gasteiger partial charge on any atom is -0.382 e. The smallest absolute Gasteiger partial charge is 0.260 e. The number of aryl methyl sites for hydroxylation is 1. The Morgan fingerprint density at radius 2 is 1.84 bits per heavy atom. The summed E-state index contributed by atoms with van der Waals surface area (Å²) in [5, 5.41) is 11.1. The molecule has 2 aromatic rings. The van der Waals surface area contributed by atoms with Crippen LogP contribution in [0.25, 0.3) is 0 Å². The van der Waals surface area contributed by atoms with Crippen molar-refractivity contribution < 1.29 is 18.7 Å². The Morgan fingerprint density at radius 1 is 1.24 bits per heavy atom. The average molecular weight is 347 g/mol. The maximum absolute atomic E-state index is 14.0. The van der Waals surface area contributed by atoms with Gasteiger partial charge in [-0.05, 0) is 25.0 Å². The fraction of sp³-hybridized carbons (Fsp3) is 0.444. The molecule has 1 amide bonds. The molecule has 1 aromatic heterocycles. The first-order valence-electron chi connectivity index (χ1n) is 8.37. The second kappa shape index (κ2) is 5.62. The number of fused-ring (bicyclic) bond motifs is 2. The monoisotopic (exact) mass is 347 g/mol. The Labute approximate surface area is 143 Å². The number of aliphatic hydroxyl groups is 1. The highest BCUT2D eigenvalue weighted by Crippen LogP contribution is 2.45. The van der Waals surface area contributed by atoms with Crippen LogP contribution in [-0.2, 0) is 12.6 Å². The molecule has 2 fully saturated rings. The molecule has 7 heteroatoms. The highest BCUT2D eigenvalue weighted by Gasteiger charge is 2.52. The summed E-state index contributed by atoms with van der Waals surface area (Å²) in [6.07, 6.45) is 5.44. The van der Waals surface area contributed by atoms with E-state index in [-0.39, 0.29) is 12.1 Å². The minimum atomic E-state index is -1.13. The van der Waals surface area contributed by atoms with Gasteiger partial charge in [-0.15, -0.1) is 0 Å². The predicted molar refractivity (Wildman–Crippen MR) is 85.7 cm³/mol. The van der Waals surface area contributed by atoms with E-state index in [0.717, 1.165) is 12.1 Å². The summed E-state index contributed by atoms with van der Waals surface area (Å²) in [7, 11) is 1.81. The molecule has 1 N–H and O–H groups in total. The number of benzene rings is 1. The molecule has 1 aromatic carbocycles. The Hall–Kier alpha value is -2.28. The molecule has 1 unspecified atom stereocenters. The van der Waals surface area contributed by atoms with E-state index in [0.29, 0.717) is 31.5 Å². The molecule has 5 nitrogen and oxygen atoms in total. The van der Waals surface area contributed by atoms with Crippen molar-refractivity contribution in [3.05, 3.63) is 53.6 Å². The lowest BCUT2D eigenvalue weighted by atomic mass is 9.84. The lowest BCUT2D eigenvalue weighted by Crippen LogP contribution is -2.53. The van der Waals surface area contributed by atoms with E-state index >= 15 is 0 Å². The zero-order valence-electron chi connectivity index (χ0n) is 13.8. The van der Waals surface area contributed by atoms with E-state index in [2.05, 4.69) is 4.98 Å². The standard InChI is InChI=1S/C18H19F2N3O2/c1-22-8-7-21-17(22)18(25)9-11-5-6-12(10-18)23(11)16(24)15-13(19)3-2-4-14(15)20/h2-4,7-8,11-12,25H,5-6,9-10H2,1H3/t11-,12+,18?. The molecule has 0 radical (unpaired) electrons. The third kappa shape index (κ3) is 2.45. The van der Waals surface area contributed by atoms with Crippen LogP contribution in [0.4, 0.5) is 8.78 Å². The summed E-state index contributed by atoms with van der Waals surface area (Å²) in [6.45, 7) is 0. The Bertz CT molecular complexity index is 801. The van der Waals surface area contributed by atoms with Gasteiger partial charge in [-0.1, -0.05) is 6.07 Å². The summed E-state index contributed by atoms with van der Waals surface area (Å²) in [6, 6.07) is 2.91. The van der Waals surface area contributed by atoms with Gasteiger partial charge in [0.25, 0.3) is 5.91 Å². The number of imidazole rings is 1. The largest absolute Gasteiger partial charge is 0.382 e. The van der Waals surface area contributed by atoms with Crippen LogP contribution in [0.15, 0.2) is 30.6 Å². The average Bonchev–Trinajstić information content (AvgIpc) is 3.10. The molecule has 25 heavy (non-hydrogen) atoms. The van der Waals surface area contributed by atoms with Crippen molar-refractivity contribution in [2.45, 2.75) is 43.4 Å². The topological polar surface area (TPSA) is 58.4 Å². The van der Waals surface area contributed by atoms with Crippen molar-refractivity contribution in [2.24, 2.45) is 7.05 Å². The van der Waals surface area contributed by atoms with Crippen LogP contribution in [0.2, 0.25) is 0 Å². The van der Waals surface area contributed by atoms with Gasteiger partial charge in [0.2, 0.25) is 0 Å². The lowest BCUT2D eigenvalue weighted by molar-refractivity contribution is -0.0556. The van der Waals surface area contributed by atoms with E-state index in [1.165, 1.54) is 6.07 Å². The number of nitrogens with zero attached hydrogens (tertiary/aromatic N) is 3. The molecule has 4 rings (SSSR count). The van der Waals surface area contributed by atoms with Crippen LogP contribution in [0.5, 0.6) is 0 Å². The van der Waals surface area contributed by atoms with Crippen LogP contribution < -0.4 is 0 Å². The number of carbonyl (C=O) groups excluding carboxylic acids is 1. The fourth-order valence-corrected chi connectivity index (χ4v) is 4.38. The van der Waals surface area contributed by atoms with Crippen molar-refractivity contribution in [2.75, 3.05) is 0 Å². The number of amides is 1. The maximum atomic E-state index is 14.0. The van der Waals surface area contributed by atoms with Gasteiger partial charge in [0.05, 0.1) is 0 Å². The van der Waals surface area contributed by atoms with Gasteiger partial charge < -0.3 is 14.6 Å². The van der Waals surface area contributed by atoms with Gasteiger partial charge in [0, 0.05) is 44.4 Å². The van der Waals surface area contributed by atoms with E-state index in [1.54, 1.807) is 21.9 Å². The van der Waals surface area contributed by atoms with Crippen molar-refractivity contribution in [1.29, 1.82) is 0 Å². The SMILES string of the molecule is Cn1ccnc1C1(O)C[C@H]2CC[C@@H](C1)N2C(=O)c1c(F)cccc1F. The van der Waals surface area contributed by atoms with Crippen molar-refractivity contribution in [3.63, 3.8) is 0 Å². The second-order valence-electron chi connectivity index (χ2n) is 7.00. The first-order valence-corrected chi connectivity index (χ1v) is 8.37. The highest BCUT2D eigenvalue weighted by atomic mass is 19.1. The van der Waals surface area contributed by atoms with Crippen LogP contribution in [0, 0.1) is 11.6 Å². The van der Waals surface area contributed by atoms with Crippen molar-refractivity contribution in [1.82, 2.24) is 14.5 Å². The summed E-state index contributed by atoms with van der Waals surface area (Å²) < 4.78 is 29.8. The molecule has 132 valence electrons. The van der Waals surface area contributed by atoms with Gasteiger partial charge in [-0.25, -0.2) is 13.8 Å². The van der Waals surface area contributed by atoms with Gasteiger partial charge in [-0.3, -0.25) is 4.79 Å². The molecular formula is C18H19F2N3O2. The summed E-state index contributed by atoms with van der Waals surface area (Å²) in [5.41, 5.74) is -1.64. The quantitative estimate of drug-likeness (QED) is 0.907.